The third kappa shape index (κ3) is 3.78. The Balaban J connectivity index is 2.21. The summed E-state index contributed by atoms with van der Waals surface area (Å²) in [5.41, 5.74) is 0.434. The Bertz CT molecular complexity index is 218. The van der Waals surface area contributed by atoms with Crippen LogP contribution in [0.5, 0.6) is 0 Å². The predicted molar refractivity (Wildman–Crippen MR) is 67.4 cm³/mol. The Morgan fingerprint density at radius 1 is 1.25 bits per heavy atom. The van der Waals surface area contributed by atoms with Crippen LogP contribution in [0.3, 0.4) is 0 Å². The van der Waals surface area contributed by atoms with Crippen molar-refractivity contribution < 1.29 is 4.79 Å². The average molecular weight is 226 g/mol. The topological polar surface area (TPSA) is 32.3 Å². The van der Waals surface area contributed by atoms with Crippen LogP contribution in [0.1, 0.15) is 46.5 Å². The molecule has 0 radical (unpaired) electrons. The van der Waals surface area contributed by atoms with Gasteiger partial charge in [0.05, 0.1) is 6.54 Å². The summed E-state index contributed by atoms with van der Waals surface area (Å²) in [5, 5.41) is 3.33. The third-order valence-corrected chi connectivity index (χ3v) is 3.75. The quantitative estimate of drug-likeness (QED) is 0.751. The lowest BCUT2D eigenvalue weighted by molar-refractivity contribution is -0.129. The number of nitrogens with one attached hydrogen (secondary N) is 1. The summed E-state index contributed by atoms with van der Waals surface area (Å²) in [6.45, 7) is 9.49. The molecule has 0 unspecified atom stereocenters. The van der Waals surface area contributed by atoms with Gasteiger partial charge in [-0.05, 0) is 32.1 Å². The van der Waals surface area contributed by atoms with E-state index < -0.39 is 0 Å². The minimum absolute atomic E-state index is 0.228. The number of carbonyl (C=O) groups is 1. The minimum atomic E-state index is 0.228. The molecule has 0 aromatic carbocycles. The molecule has 3 heteroatoms. The summed E-state index contributed by atoms with van der Waals surface area (Å²) >= 11 is 0. The molecule has 0 atom stereocenters. The van der Waals surface area contributed by atoms with Crippen LogP contribution in [0, 0.1) is 5.41 Å². The van der Waals surface area contributed by atoms with Gasteiger partial charge in [-0.2, -0.15) is 0 Å². The van der Waals surface area contributed by atoms with Gasteiger partial charge in [-0.15, -0.1) is 0 Å². The predicted octanol–water partition coefficient (Wildman–Crippen LogP) is 2.02. The molecular formula is C13H26N2O. The van der Waals surface area contributed by atoms with Crippen molar-refractivity contribution in [3.8, 4) is 0 Å². The zero-order valence-corrected chi connectivity index (χ0v) is 11.0. The molecular weight excluding hydrogens is 200 g/mol. The van der Waals surface area contributed by atoms with Crippen molar-refractivity contribution in [2.45, 2.75) is 46.5 Å². The zero-order chi connectivity index (χ0) is 12.0. The molecule has 1 aliphatic rings. The van der Waals surface area contributed by atoms with Crippen molar-refractivity contribution in [3.05, 3.63) is 0 Å². The molecule has 0 spiro atoms. The molecule has 1 fully saturated rings. The van der Waals surface area contributed by atoms with E-state index in [0.29, 0.717) is 12.0 Å². The van der Waals surface area contributed by atoms with Crippen molar-refractivity contribution in [2.24, 2.45) is 5.41 Å². The molecule has 94 valence electrons. The van der Waals surface area contributed by atoms with Crippen LogP contribution in [0.15, 0.2) is 0 Å². The maximum atomic E-state index is 11.7. The van der Waals surface area contributed by atoms with E-state index in [9.17, 15) is 4.79 Å². The molecule has 0 heterocycles. The van der Waals surface area contributed by atoms with Gasteiger partial charge in [0.2, 0.25) is 5.91 Å². The Kier molecular flexibility index (Phi) is 5.26. The maximum Gasteiger partial charge on any atom is 0.236 e. The summed E-state index contributed by atoms with van der Waals surface area (Å²) in [5.74, 6) is 0.228. The fourth-order valence-corrected chi connectivity index (χ4v) is 2.56. The molecule has 1 saturated carbocycles. The molecule has 1 N–H and O–H groups in total. The highest BCUT2D eigenvalue weighted by Crippen LogP contribution is 2.36. The molecule has 16 heavy (non-hydrogen) atoms. The second-order valence-corrected chi connectivity index (χ2v) is 5.19. The first-order valence-electron chi connectivity index (χ1n) is 6.60. The number of carbonyl (C=O) groups excluding carboxylic acids is 1. The molecule has 3 nitrogen and oxygen atoms in total. The molecule has 0 aromatic heterocycles. The fraction of sp³-hybridized carbons (Fsp3) is 0.923. The van der Waals surface area contributed by atoms with Gasteiger partial charge in [0.15, 0.2) is 0 Å². The van der Waals surface area contributed by atoms with E-state index in [0.717, 1.165) is 19.6 Å². The number of rotatable bonds is 6. The second kappa shape index (κ2) is 6.24. The Morgan fingerprint density at radius 2 is 1.81 bits per heavy atom. The van der Waals surface area contributed by atoms with Gasteiger partial charge in [-0.1, -0.05) is 19.8 Å². The van der Waals surface area contributed by atoms with Crippen LogP contribution >= 0.6 is 0 Å². The van der Waals surface area contributed by atoms with E-state index in [-0.39, 0.29) is 5.91 Å². The molecule has 0 aromatic rings. The van der Waals surface area contributed by atoms with E-state index in [1.807, 2.05) is 18.7 Å². The molecule has 0 saturated heterocycles. The average Bonchev–Trinajstić information content (AvgIpc) is 2.67. The number of likely N-dealkylation sites (N-methyl/N-ethyl adjacent to an activating group) is 1. The van der Waals surface area contributed by atoms with Gasteiger partial charge in [-0.25, -0.2) is 0 Å². The van der Waals surface area contributed by atoms with Gasteiger partial charge < -0.3 is 10.2 Å². The fourth-order valence-electron chi connectivity index (χ4n) is 2.56. The molecule has 0 aliphatic heterocycles. The highest BCUT2D eigenvalue weighted by molar-refractivity contribution is 5.78. The lowest BCUT2D eigenvalue weighted by Gasteiger charge is -2.25. The lowest BCUT2D eigenvalue weighted by atomic mass is 9.89. The Labute approximate surface area is 99.6 Å². The molecule has 1 aliphatic carbocycles. The van der Waals surface area contributed by atoms with Crippen LogP contribution in [0.25, 0.3) is 0 Å². The minimum Gasteiger partial charge on any atom is -0.342 e. The van der Waals surface area contributed by atoms with Gasteiger partial charge in [0.1, 0.15) is 0 Å². The standard InChI is InChI=1S/C13H26N2O/c1-4-15(5-2)12(16)10-14-11-13(3)8-6-7-9-13/h14H,4-11H2,1-3H3. The Morgan fingerprint density at radius 3 is 2.31 bits per heavy atom. The van der Waals surface area contributed by atoms with Crippen molar-refractivity contribution in [1.82, 2.24) is 10.2 Å². The highest BCUT2D eigenvalue weighted by Gasteiger charge is 2.28. The van der Waals surface area contributed by atoms with E-state index in [4.69, 9.17) is 0 Å². The molecule has 0 bridgehead atoms. The lowest BCUT2D eigenvalue weighted by Crippen LogP contribution is -2.40. The third-order valence-electron chi connectivity index (χ3n) is 3.75. The van der Waals surface area contributed by atoms with Crippen LogP contribution in [0.2, 0.25) is 0 Å². The van der Waals surface area contributed by atoms with Gasteiger partial charge in [-0.3, -0.25) is 4.79 Å². The van der Waals surface area contributed by atoms with Gasteiger partial charge >= 0.3 is 0 Å². The molecule has 1 amide bonds. The summed E-state index contributed by atoms with van der Waals surface area (Å²) in [6, 6.07) is 0. The summed E-state index contributed by atoms with van der Waals surface area (Å²) < 4.78 is 0. The van der Waals surface area contributed by atoms with Crippen LogP contribution in [-0.4, -0.2) is 37.0 Å². The van der Waals surface area contributed by atoms with Crippen molar-refractivity contribution in [1.29, 1.82) is 0 Å². The molecule has 1 rings (SSSR count). The van der Waals surface area contributed by atoms with Gasteiger partial charge in [0, 0.05) is 19.6 Å². The number of hydrogen-bond acceptors (Lipinski definition) is 2. The number of nitrogens with zero attached hydrogens (tertiary/aromatic N) is 1. The first-order valence-corrected chi connectivity index (χ1v) is 6.60. The number of hydrogen-bond donors (Lipinski definition) is 1. The zero-order valence-electron chi connectivity index (χ0n) is 11.0. The van der Waals surface area contributed by atoms with Gasteiger partial charge in [0.25, 0.3) is 0 Å². The van der Waals surface area contributed by atoms with Crippen molar-refractivity contribution in [2.75, 3.05) is 26.2 Å². The highest BCUT2D eigenvalue weighted by atomic mass is 16.2. The Hall–Kier alpha value is -0.570. The van der Waals surface area contributed by atoms with E-state index in [2.05, 4.69) is 12.2 Å². The summed E-state index contributed by atoms with van der Waals surface area (Å²) in [4.78, 5) is 13.6. The van der Waals surface area contributed by atoms with Crippen molar-refractivity contribution in [3.63, 3.8) is 0 Å². The van der Waals surface area contributed by atoms with E-state index >= 15 is 0 Å². The van der Waals surface area contributed by atoms with Crippen molar-refractivity contribution >= 4 is 5.91 Å². The van der Waals surface area contributed by atoms with E-state index in [1.54, 1.807) is 0 Å². The van der Waals surface area contributed by atoms with Crippen LogP contribution < -0.4 is 5.32 Å². The first-order chi connectivity index (χ1) is 7.61. The van der Waals surface area contributed by atoms with Crippen LogP contribution in [-0.2, 0) is 4.79 Å². The summed E-state index contributed by atoms with van der Waals surface area (Å²) in [6.07, 6.45) is 5.31. The summed E-state index contributed by atoms with van der Waals surface area (Å²) in [7, 11) is 0. The second-order valence-electron chi connectivity index (χ2n) is 5.19. The smallest absolute Gasteiger partial charge is 0.236 e. The monoisotopic (exact) mass is 226 g/mol. The van der Waals surface area contributed by atoms with Crippen LogP contribution in [0.4, 0.5) is 0 Å². The maximum absolute atomic E-state index is 11.7. The first kappa shape index (κ1) is 13.5. The largest absolute Gasteiger partial charge is 0.342 e. The van der Waals surface area contributed by atoms with E-state index in [1.165, 1.54) is 25.7 Å². The SMILES string of the molecule is CCN(CC)C(=O)CNCC1(C)CCCC1. The normalized spacial score (nSPS) is 18.7. The number of amides is 1.